The van der Waals surface area contributed by atoms with Gasteiger partial charge in [-0.1, -0.05) is 0 Å². The van der Waals surface area contributed by atoms with Gasteiger partial charge >= 0.3 is 0 Å². The Hall–Kier alpha value is -3.09. The summed E-state index contributed by atoms with van der Waals surface area (Å²) >= 11 is 0. The van der Waals surface area contributed by atoms with Crippen molar-refractivity contribution in [1.29, 1.82) is 0 Å². The summed E-state index contributed by atoms with van der Waals surface area (Å²) in [5, 5.41) is 16.8. The second-order valence-corrected chi connectivity index (χ2v) is 8.01. The van der Waals surface area contributed by atoms with Crippen molar-refractivity contribution in [3.63, 3.8) is 0 Å². The predicted molar refractivity (Wildman–Crippen MR) is 111 cm³/mol. The second-order valence-electron chi connectivity index (χ2n) is 8.01. The van der Waals surface area contributed by atoms with Gasteiger partial charge in [0.25, 0.3) is 5.56 Å². The van der Waals surface area contributed by atoms with Gasteiger partial charge in [0, 0.05) is 36.0 Å². The molecule has 2 saturated carbocycles. The molecule has 0 radical (unpaired) electrons. The molecule has 0 saturated heterocycles. The summed E-state index contributed by atoms with van der Waals surface area (Å²) in [4.78, 5) is 16.6. The van der Waals surface area contributed by atoms with Gasteiger partial charge in [0.05, 0.1) is 17.4 Å². The molecule has 5 rings (SSSR count). The second kappa shape index (κ2) is 7.73. The molecular weight excluding hydrogens is 364 g/mol. The smallest absolute Gasteiger partial charge is 0.267 e. The molecule has 7 nitrogen and oxygen atoms in total. The lowest BCUT2D eigenvalue weighted by Crippen LogP contribution is -2.33. The topological polar surface area (TPSA) is 85.6 Å². The van der Waals surface area contributed by atoms with Crippen molar-refractivity contribution in [2.24, 2.45) is 0 Å². The molecule has 0 unspecified atom stereocenters. The normalized spacial score (nSPS) is 21.7. The molecule has 148 valence electrons. The molecule has 0 atom stereocenters. The third kappa shape index (κ3) is 4.04. The lowest BCUT2D eigenvalue weighted by Gasteiger charge is -2.29. The molecule has 0 spiro atoms. The van der Waals surface area contributed by atoms with E-state index in [4.69, 9.17) is 0 Å². The van der Waals surface area contributed by atoms with Crippen LogP contribution >= 0.6 is 0 Å². The summed E-state index contributed by atoms with van der Waals surface area (Å²) in [7, 11) is 0. The maximum absolute atomic E-state index is 12.4. The molecule has 7 heteroatoms. The highest BCUT2D eigenvalue weighted by atomic mass is 16.1. The molecule has 1 N–H and O–H groups in total. The van der Waals surface area contributed by atoms with E-state index in [0.717, 1.165) is 48.5 Å². The van der Waals surface area contributed by atoms with E-state index in [9.17, 15) is 4.79 Å². The molecule has 3 aromatic rings. The number of anilines is 1. The maximum Gasteiger partial charge on any atom is 0.267 e. The van der Waals surface area contributed by atoms with E-state index in [2.05, 4.69) is 31.7 Å². The van der Waals surface area contributed by atoms with Crippen LogP contribution in [-0.2, 0) is 0 Å². The first-order chi connectivity index (χ1) is 14.3. The quantitative estimate of drug-likeness (QED) is 0.719. The van der Waals surface area contributed by atoms with Crippen LogP contribution in [0.5, 0.6) is 0 Å². The number of hydrogen-bond acceptors (Lipinski definition) is 6. The van der Waals surface area contributed by atoms with Crippen LogP contribution < -0.4 is 10.9 Å². The van der Waals surface area contributed by atoms with Gasteiger partial charge in [-0.25, -0.2) is 4.68 Å². The molecule has 29 heavy (non-hydrogen) atoms. The number of aromatic nitrogens is 5. The van der Waals surface area contributed by atoms with Crippen LogP contribution in [0.4, 0.5) is 5.82 Å². The molecule has 0 aliphatic heterocycles. The minimum atomic E-state index is -0.0458. The summed E-state index contributed by atoms with van der Waals surface area (Å²) < 4.78 is 1.66. The van der Waals surface area contributed by atoms with Gasteiger partial charge in [-0.3, -0.25) is 9.78 Å². The fourth-order valence-corrected chi connectivity index (χ4v) is 4.05. The van der Waals surface area contributed by atoms with Gasteiger partial charge in [0.15, 0.2) is 0 Å². The lowest BCUT2D eigenvalue weighted by molar-refractivity contribution is 0.304. The van der Waals surface area contributed by atoms with Gasteiger partial charge in [-0.15, -0.1) is 5.10 Å². The van der Waals surface area contributed by atoms with Crippen LogP contribution in [0.3, 0.4) is 0 Å². The zero-order valence-corrected chi connectivity index (χ0v) is 16.2. The molecular formula is C22H24N6O. The Morgan fingerprint density at radius 3 is 2.48 bits per heavy atom. The minimum absolute atomic E-state index is 0.0458. The number of nitrogens with zero attached hydrogens (tertiary/aromatic N) is 5. The van der Waals surface area contributed by atoms with Crippen LogP contribution in [0.15, 0.2) is 53.6 Å². The Bertz CT molecular complexity index is 1020. The van der Waals surface area contributed by atoms with Crippen molar-refractivity contribution in [2.45, 2.75) is 56.5 Å². The van der Waals surface area contributed by atoms with E-state index in [1.54, 1.807) is 29.2 Å². The molecule has 2 aliphatic carbocycles. The largest absolute Gasteiger partial charge is 0.366 e. The standard InChI is InChI=1S/C22H24N6O/c29-22-12-10-20(16-2-1-13-23-14-16)27-28(22)18-7-5-17(6-8-18)24-21-11-9-19(25-26-21)15-3-4-15/h1-2,9-15,17-18H,3-8H2,(H,24,26). The van der Waals surface area contributed by atoms with E-state index in [1.165, 1.54) is 12.8 Å². The van der Waals surface area contributed by atoms with Crippen molar-refractivity contribution in [1.82, 2.24) is 25.0 Å². The van der Waals surface area contributed by atoms with Crippen LogP contribution in [0.1, 0.15) is 56.2 Å². The molecule has 2 aliphatic rings. The summed E-state index contributed by atoms with van der Waals surface area (Å²) in [5.41, 5.74) is 2.77. The van der Waals surface area contributed by atoms with Crippen LogP contribution in [0.2, 0.25) is 0 Å². The third-order valence-corrected chi connectivity index (χ3v) is 5.86. The number of rotatable bonds is 5. The summed E-state index contributed by atoms with van der Waals surface area (Å²) in [6.45, 7) is 0. The van der Waals surface area contributed by atoms with Crippen molar-refractivity contribution < 1.29 is 0 Å². The Morgan fingerprint density at radius 1 is 0.931 bits per heavy atom. The summed E-state index contributed by atoms with van der Waals surface area (Å²) in [6, 6.07) is 11.8. The highest BCUT2D eigenvalue weighted by Crippen LogP contribution is 2.38. The molecule has 0 amide bonds. The van der Waals surface area contributed by atoms with Crippen molar-refractivity contribution >= 4 is 5.82 Å². The van der Waals surface area contributed by atoms with Gasteiger partial charge in [0.2, 0.25) is 0 Å². The van der Waals surface area contributed by atoms with E-state index >= 15 is 0 Å². The first kappa shape index (κ1) is 18.0. The third-order valence-electron chi connectivity index (χ3n) is 5.86. The molecule has 2 fully saturated rings. The first-order valence-electron chi connectivity index (χ1n) is 10.4. The lowest BCUT2D eigenvalue weighted by atomic mass is 9.91. The Labute approximate surface area is 169 Å². The summed E-state index contributed by atoms with van der Waals surface area (Å²) in [6.07, 6.45) is 9.75. The van der Waals surface area contributed by atoms with Gasteiger partial charge in [0.1, 0.15) is 5.82 Å². The molecule has 0 bridgehead atoms. The average molecular weight is 388 g/mol. The highest BCUT2D eigenvalue weighted by Gasteiger charge is 2.26. The minimum Gasteiger partial charge on any atom is -0.366 e. The van der Waals surface area contributed by atoms with E-state index < -0.39 is 0 Å². The Balaban J connectivity index is 1.24. The molecule has 0 aromatic carbocycles. The van der Waals surface area contributed by atoms with Gasteiger partial charge in [-0.2, -0.15) is 10.2 Å². The van der Waals surface area contributed by atoms with Crippen molar-refractivity contribution in [3.05, 3.63) is 64.8 Å². The Morgan fingerprint density at radius 2 is 1.79 bits per heavy atom. The number of nitrogens with one attached hydrogen (secondary N) is 1. The zero-order valence-electron chi connectivity index (χ0n) is 16.2. The van der Waals surface area contributed by atoms with Crippen LogP contribution in [-0.4, -0.2) is 31.0 Å². The fourth-order valence-electron chi connectivity index (χ4n) is 4.05. The highest BCUT2D eigenvalue weighted by molar-refractivity contribution is 5.56. The average Bonchev–Trinajstić information content (AvgIpc) is 3.62. The monoisotopic (exact) mass is 388 g/mol. The number of pyridine rings is 1. The van der Waals surface area contributed by atoms with Crippen molar-refractivity contribution in [2.75, 3.05) is 5.32 Å². The first-order valence-corrected chi connectivity index (χ1v) is 10.4. The van der Waals surface area contributed by atoms with Gasteiger partial charge in [-0.05, 0) is 68.9 Å². The van der Waals surface area contributed by atoms with E-state index in [1.807, 2.05) is 18.2 Å². The predicted octanol–water partition coefficient (Wildman–Crippen LogP) is 3.57. The van der Waals surface area contributed by atoms with Gasteiger partial charge < -0.3 is 5.32 Å². The fraction of sp³-hybridized carbons (Fsp3) is 0.409. The summed E-state index contributed by atoms with van der Waals surface area (Å²) in [5.74, 6) is 1.46. The van der Waals surface area contributed by atoms with E-state index in [-0.39, 0.29) is 11.6 Å². The maximum atomic E-state index is 12.4. The molecule has 3 heterocycles. The van der Waals surface area contributed by atoms with Crippen LogP contribution in [0, 0.1) is 0 Å². The van der Waals surface area contributed by atoms with Crippen LogP contribution in [0.25, 0.3) is 11.3 Å². The number of hydrogen-bond donors (Lipinski definition) is 1. The Kier molecular flexibility index (Phi) is 4.79. The SMILES string of the molecule is O=c1ccc(-c2cccnc2)nn1C1CCC(Nc2ccc(C3CC3)nn2)CC1. The van der Waals surface area contributed by atoms with E-state index in [0.29, 0.717) is 12.0 Å². The van der Waals surface area contributed by atoms with Crippen molar-refractivity contribution in [3.8, 4) is 11.3 Å². The zero-order chi connectivity index (χ0) is 19.6. The molecule has 3 aromatic heterocycles.